The predicted octanol–water partition coefficient (Wildman–Crippen LogP) is 2.32. The molecule has 1 fully saturated rings. The van der Waals surface area contributed by atoms with Gasteiger partial charge >= 0.3 is 0 Å². The maximum atomic E-state index is 9.08. The van der Waals surface area contributed by atoms with Crippen LogP contribution in [0.5, 0.6) is 0 Å². The average Bonchev–Trinajstić information content (AvgIpc) is 3.06. The van der Waals surface area contributed by atoms with Crippen LogP contribution in [0.1, 0.15) is 30.1 Å². The molecule has 1 aliphatic carbocycles. The first-order valence-electron chi connectivity index (χ1n) is 5.56. The first-order valence-corrected chi connectivity index (χ1v) is 5.56. The molecule has 0 radical (unpaired) electrons. The summed E-state index contributed by atoms with van der Waals surface area (Å²) >= 11 is 0. The largest absolute Gasteiger partial charge is 0.393 e. The highest BCUT2D eigenvalue weighted by Crippen LogP contribution is 2.32. The number of ether oxygens (including phenoxy) is 1. The second kappa shape index (κ2) is 4.77. The van der Waals surface area contributed by atoms with E-state index >= 15 is 0 Å². The molecule has 0 amide bonds. The molecule has 2 rings (SSSR count). The van der Waals surface area contributed by atoms with Gasteiger partial charge in [0.2, 0.25) is 0 Å². The van der Waals surface area contributed by atoms with Crippen LogP contribution < -0.4 is 0 Å². The predicted molar refractivity (Wildman–Crippen MR) is 59.7 cm³/mol. The molecule has 0 unspecified atom stereocenters. The zero-order valence-electron chi connectivity index (χ0n) is 9.15. The van der Waals surface area contributed by atoms with Crippen LogP contribution in [-0.2, 0) is 11.2 Å². The first-order chi connectivity index (χ1) is 7.33. The molecule has 0 aliphatic heterocycles. The van der Waals surface area contributed by atoms with Crippen LogP contribution in [0, 0.1) is 5.92 Å². The van der Waals surface area contributed by atoms with Crippen LogP contribution >= 0.6 is 0 Å². The highest BCUT2D eigenvalue weighted by molar-refractivity contribution is 5.25. The Hall–Kier alpha value is -0.860. The van der Waals surface area contributed by atoms with Crippen LogP contribution in [0.2, 0.25) is 0 Å². The molecule has 2 nitrogen and oxygen atoms in total. The van der Waals surface area contributed by atoms with Gasteiger partial charge in [-0.15, -0.1) is 0 Å². The van der Waals surface area contributed by atoms with Crippen LogP contribution in [0.15, 0.2) is 24.3 Å². The zero-order valence-corrected chi connectivity index (χ0v) is 9.15. The van der Waals surface area contributed by atoms with Crippen molar-refractivity contribution in [3.8, 4) is 0 Å². The van der Waals surface area contributed by atoms with Crippen molar-refractivity contribution in [3.05, 3.63) is 35.4 Å². The maximum absolute atomic E-state index is 9.08. The van der Waals surface area contributed by atoms with Crippen molar-refractivity contribution in [2.75, 3.05) is 13.7 Å². The Balaban J connectivity index is 2.01. The molecule has 1 N–H and O–H groups in total. The molecule has 1 aliphatic rings. The number of benzene rings is 1. The van der Waals surface area contributed by atoms with Gasteiger partial charge in [-0.3, -0.25) is 0 Å². The second-order valence-electron chi connectivity index (χ2n) is 4.30. The molecule has 82 valence electrons. The van der Waals surface area contributed by atoms with Crippen LogP contribution in [0.3, 0.4) is 0 Å². The summed E-state index contributed by atoms with van der Waals surface area (Å²) in [7, 11) is 1.62. The molecule has 0 aromatic heterocycles. The van der Waals surface area contributed by atoms with Crippen molar-refractivity contribution in [2.24, 2.45) is 5.92 Å². The molecule has 0 heterocycles. The van der Waals surface area contributed by atoms with E-state index in [9.17, 15) is 0 Å². The number of methoxy groups -OCH3 is 1. The summed E-state index contributed by atoms with van der Waals surface area (Å²) in [6.45, 7) is 0.0402. The Kier molecular flexibility index (Phi) is 3.39. The lowest BCUT2D eigenvalue weighted by atomic mass is 10.0. The Morgan fingerprint density at radius 2 is 2.00 bits per heavy atom. The number of hydrogen-bond donors (Lipinski definition) is 1. The van der Waals surface area contributed by atoms with Crippen molar-refractivity contribution in [1.29, 1.82) is 0 Å². The Morgan fingerprint density at radius 3 is 2.47 bits per heavy atom. The Labute approximate surface area is 90.9 Å². The molecular weight excluding hydrogens is 188 g/mol. The Morgan fingerprint density at radius 1 is 1.33 bits per heavy atom. The highest BCUT2D eigenvalue weighted by Gasteiger charge is 2.21. The normalized spacial score (nSPS) is 17.7. The summed E-state index contributed by atoms with van der Waals surface area (Å²) in [5.41, 5.74) is 2.45. The SMILES string of the molecule is CO[C@H](CO)c1ccc(CC2CC2)cc1. The minimum absolute atomic E-state index is 0.0402. The lowest BCUT2D eigenvalue weighted by Gasteiger charge is -2.12. The fourth-order valence-electron chi connectivity index (χ4n) is 1.84. The van der Waals surface area contributed by atoms with E-state index in [0.717, 1.165) is 11.5 Å². The van der Waals surface area contributed by atoms with E-state index in [1.165, 1.54) is 24.8 Å². The van der Waals surface area contributed by atoms with Gasteiger partial charge in [0.15, 0.2) is 0 Å². The van der Waals surface area contributed by atoms with Gasteiger partial charge in [-0.25, -0.2) is 0 Å². The fourth-order valence-corrected chi connectivity index (χ4v) is 1.84. The standard InChI is InChI=1S/C13H18O2/c1-15-13(9-14)12-6-4-11(5-7-12)8-10-2-3-10/h4-7,10,13-14H,2-3,8-9H2,1H3/t13-/m1/s1. The number of rotatable bonds is 5. The number of hydrogen-bond acceptors (Lipinski definition) is 2. The quantitative estimate of drug-likeness (QED) is 0.801. The molecule has 1 saturated carbocycles. The highest BCUT2D eigenvalue weighted by atomic mass is 16.5. The molecule has 2 heteroatoms. The van der Waals surface area contributed by atoms with E-state index in [2.05, 4.69) is 24.3 Å². The van der Waals surface area contributed by atoms with Crippen LogP contribution in [-0.4, -0.2) is 18.8 Å². The fraction of sp³-hybridized carbons (Fsp3) is 0.538. The number of aliphatic hydroxyl groups is 1. The van der Waals surface area contributed by atoms with Crippen LogP contribution in [0.4, 0.5) is 0 Å². The van der Waals surface area contributed by atoms with E-state index in [4.69, 9.17) is 9.84 Å². The molecule has 1 aromatic rings. The van der Waals surface area contributed by atoms with Gasteiger partial charge in [-0.1, -0.05) is 24.3 Å². The maximum Gasteiger partial charge on any atom is 0.105 e. The molecular formula is C13H18O2. The van der Waals surface area contributed by atoms with Gasteiger partial charge in [0.05, 0.1) is 6.61 Å². The summed E-state index contributed by atoms with van der Waals surface area (Å²) < 4.78 is 5.17. The molecule has 1 atom stereocenters. The third kappa shape index (κ3) is 2.80. The summed E-state index contributed by atoms with van der Waals surface area (Å²) in [5.74, 6) is 0.923. The Bertz CT molecular complexity index is 297. The second-order valence-corrected chi connectivity index (χ2v) is 4.30. The monoisotopic (exact) mass is 206 g/mol. The van der Waals surface area contributed by atoms with Crippen molar-refractivity contribution < 1.29 is 9.84 Å². The smallest absolute Gasteiger partial charge is 0.105 e. The van der Waals surface area contributed by atoms with Crippen molar-refractivity contribution in [1.82, 2.24) is 0 Å². The zero-order chi connectivity index (χ0) is 10.7. The van der Waals surface area contributed by atoms with E-state index in [1.54, 1.807) is 7.11 Å². The summed E-state index contributed by atoms with van der Waals surface area (Å²) in [5, 5.41) is 9.08. The number of aliphatic hydroxyl groups excluding tert-OH is 1. The van der Waals surface area contributed by atoms with Gasteiger partial charge in [0.1, 0.15) is 6.10 Å². The first kappa shape index (κ1) is 10.7. The van der Waals surface area contributed by atoms with Crippen LogP contribution in [0.25, 0.3) is 0 Å². The van der Waals surface area contributed by atoms with E-state index < -0.39 is 0 Å². The van der Waals surface area contributed by atoms with E-state index in [1.807, 2.05) is 0 Å². The van der Waals surface area contributed by atoms with Gasteiger partial charge in [-0.2, -0.15) is 0 Å². The van der Waals surface area contributed by atoms with Crippen molar-refractivity contribution in [2.45, 2.75) is 25.4 Å². The lowest BCUT2D eigenvalue weighted by Crippen LogP contribution is -2.06. The van der Waals surface area contributed by atoms with Gasteiger partial charge in [0.25, 0.3) is 0 Å². The van der Waals surface area contributed by atoms with Gasteiger partial charge in [-0.05, 0) is 36.3 Å². The topological polar surface area (TPSA) is 29.5 Å². The van der Waals surface area contributed by atoms with E-state index in [-0.39, 0.29) is 12.7 Å². The lowest BCUT2D eigenvalue weighted by molar-refractivity contribution is 0.0484. The third-order valence-electron chi connectivity index (χ3n) is 3.02. The minimum Gasteiger partial charge on any atom is -0.393 e. The summed E-state index contributed by atoms with van der Waals surface area (Å²) in [6.07, 6.45) is 3.80. The van der Waals surface area contributed by atoms with Crippen molar-refractivity contribution in [3.63, 3.8) is 0 Å². The summed E-state index contributed by atoms with van der Waals surface area (Å²) in [6, 6.07) is 8.41. The van der Waals surface area contributed by atoms with Gasteiger partial charge in [0, 0.05) is 7.11 Å². The molecule has 1 aromatic carbocycles. The molecule has 0 bridgehead atoms. The molecule has 15 heavy (non-hydrogen) atoms. The third-order valence-corrected chi connectivity index (χ3v) is 3.02. The van der Waals surface area contributed by atoms with Crippen molar-refractivity contribution >= 4 is 0 Å². The average molecular weight is 206 g/mol. The van der Waals surface area contributed by atoms with Gasteiger partial charge < -0.3 is 9.84 Å². The van der Waals surface area contributed by atoms with E-state index in [0.29, 0.717) is 0 Å². The summed E-state index contributed by atoms with van der Waals surface area (Å²) in [4.78, 5) is 0. The minimum atomic E-state index is -0.181. The molecule has 0 spiro atoms. The molecule has 0 saturated heterocycles.